The van der Waals surface area contributed by atoms with Crippen LogP contribution in [0.15, 0.2) is 65.7 Å². The van der Waals surface area contributed by atoms with Gasteiger partial charge in [0.25, 0.3) is 0 Å². The summed E-state index contributed by atoms with van der Waals surface area (Å²) in [5.41, 5.74) is 1.77. The molecule has 4 heteroatoms. The number of nitrogens with zero attached hydrogens (tertiary/aromatic N) is 1. The van der Waals surface area contributed by atoms with E-state index >= 15 is 0 Å². The van der Waals surface area contributed by atoms with Crippen LogP contribution in [0.1, 0.15) is 15.9 Å². The number of hydrogen-bond donors (Lipinski definition) is 0. The first kappa shape index (κ1) is 15.6. The third-order valence-electron chi connectivity index (χ3n) is 3.14. The highest BCUT2D eigenvalue weighted by molar-refractivity contribution is 6.37. The summed E-state index contributed by atoms with van der Waals surface area (Å²) in [7, 11) is 1.31. The van der Waals surface area contributed by atoms with Gasteiger partial charge in [-0.1, -0.05) is 60.7 Å². The maximum absolute atomic E-state index is 12.1. The van der Waals surface area contributed by atoms with Crippen LogP contribution in [0.25, 0.3) is 0 Å². The first-order valence-electron chi connectivity index (χ1n) is 6.94. The molecule has 0 aliphatic rings. The third kappa shape index (κ3) is 4.38. The molecule has 0 saturated heterocycles. The number of carbonyl (C=O) groups excluding carboxylic acids is 2. The topological polar surface area (TPSA) is 55.7 Å². The van der Waals surface area contributed by atoms with E-state index in [1.807, 2.05) is 36.4 Å². The van der Waals surface area contributed by atoms with Gasteiger partial charge in [-0.25, -0.2) is 4.79 Å². The van der Waals surface area contributed by atoms with E-state index in [9.17, 15) is 9.59 Å². The molecule has 0 aliphatic carbocycles. The monoisotopic (exact) mass is 295 g/mol. The largest absolute Gasteiger partial charge is 0.465 e. The number of carbonyl (C=O) groups is 2. The Hall–Kier alpha value is -2.75. The number of ether oxygens (including phenoxy) is 1. The molecular weight excluding hydrogens is 278 g/mol. The third-order valence-corrected chi connectivity index (χ3v) is 3.14. The molecule has 0 fully saturated rings. The van der Waals surface area contributed by atoms with Gasteiger partial charge in [-0.3, -0.25) is 9.79 Å². The molecule has 0 amide bonds. The summed E-state index contributed by atoms with van der Waals surface area (Å²) >= 11 is 0. The molecule has 112 valence electrons. The standard InChI is InChI=1S/C18H17NO3/c1-22-18(21)16(12-14-8-4-2-5-9-14)19-13-17(20)15-10-6-3-7-11-15/h2-11H,12-13H2,1H3. The first-order valence-corrected chi connectivity index (χ1v) is 6.94. The highest BCUT2D eigenvalue weighted by Crippen LogP contribution is 2.04. The Kier molecular flexibility index (Phi) is 5.60. The quantitative estimate of drug-likeness (QED) is 0.468. The van der Waals surface area contributed by atoms with Crippen molar-refractivity contribution in [3.8, 4) is 0 Å². The van der Waals surface area contributed by atoms with Gasteiger partial charge < -0.3 is 4.74 Å². The summed E-state index contributed by atoms with van der Waals surface area (Å²) < 4.78 is 4.74. The predicted octanol–water partition coefficient (Wildman–Crippen LogP) is 2.73. The van der Waals surface area contributed by atoms with Crippen LogP contribution in [0.5, 0.6) is 0 Å². The molecule has 0 spiro atoms. The summed E-state index contributed by atoms with van der Waals surface area (Å²) in [4.78, 5) is 28.0. The van der Waals surface area contributed by atoms with E-state index in [-0.39, 0.29) is 18.0 Å². The van der Waals surface area contributed by atoms with Crippen molar-refractivity contribution in [3.05, 3.63) is 71.8 Å². The summed E-state index contributed by atoms with van der Waals surface area (Å²) in [6.45, 7) is -0.0682. The van der Waals surface area contributed by atoms with Gasteiger partial charge in [-0.2, -0.15) is 0 Å². The highest BCUT2D eigenvalue weighted by Gasteiger charge is 2.13. The van der Waals surface area contributed by atoms with Crippen LogP contribution in [0.2, 0.25) is 0 Å². The molecule has 0 radical (unpaired) electrons. The number of ketones is 1. The minimum atomic E-state index is -0.510. The number of aliphatic imine (C=N–C) groups is 1. The van der Waals surface area contributed by atoms with Crippen LogP contribution in [0, 0.1) is 0 Å². The number of esters is 1. The summed E-state index contributed by atoms with van der Waals surface area (Å²) in [6, 6.07) is 18.4. The molecule has 2 aromatic carbocycles. The molecule has 22 heavy (non-hydrogen) atoms. The number of methoxy groups -OCH3 is 1. The number of hydrogen-bond acceptors (Lipinski definition) is 4. The van der Waals surface area contributed by atoms with E-state index < -0.39 is 5.97 Å². The molecule has 0 bridgehead atoms. The lowest BCUT2D eigenvalue weighted by Gasteiger charge is -2.05. The number of rotatable bonds is 6. The average molecular weight is 295 g/mol. The predicted molar refractivity (Wildman–Crippen MR) is 85.2 cm³/mol. The molecule has 0 N–H and O–H groups in total. The molecule has 0 aliphatic heterocycles. The van der Waals surface area contributed by atoms with Gasteiger partial charge in [-0.05, 0) is 5.56 Å². The van der Waals surface area contributed by atoms with E-state index in [1.54, 1.807) is 24.3 Å². The fourth-order valence-corrected chi connectivity index (χ4v) is 1.98. The van der Waals surface area contributed by atoms with Gasteiger partial charge in [0.2, 0.25) is 0 Å². The lowest BCUT2D eigenvalue weighted by atomic mass is 10.1. The SMILES string of the molecule is COC(=O)C(Cc1ccccc1)=NCC(=O)c1ccccc1. The Bertz CT molecular complexity index is 663. The lowest BCUT2D eigenvalue weighted by molar-refractivity contribution is -0.132. The molecule has 0 heterocycles. The summed E-state index contributed by atoms with van der Waals surface area (Å²) in [5.74, 6) is -0.639. The van der Waals surface area contributed by atoms with Crippen molar-refractivity contribution in [1.82, 2.24) is 0 Å². The molecule has 2 aromatic rings. The summed E-state index contributed by atoms with van der Waals surface area (Å²) in [5, 5.41) is 0. The van der Waals surface area contributed by atoms with Gasteiger partial charge in [0.05, 0.1) is 7.11 Å². The Morgan fingerprint density at radius 2 is 1.55 bits per heavy atom. The maximum Gasteiger partial charge on any atom is 0.352 e. The van der Waals surface area contributed by atoms with Crippen LogP contribution in [-0.2, 0) is 16.0 Å². The first-order chi connectivity index (χ1) is 10.7. The highest BCUT2D eigenvalue weighted by atomic mass is 16.5. The van der Waals surface area contributed by atoms with Crippen molar-refractivity contribution in [3.63, 3.8) is 0 Å². The van der Waals surface area contributed by atoms with E-state index in [2.05, 4.69) is 4.99 Å². The van der Waals surface area contributed by atoms with Crippen molar-refractivity contribution in [2.75, 3.05) is 13.7 Å². The van der Waals surface area contributed by atoms with Gasteiger partial charge in [0.15, 0.2) is 5.78 Å². The number of benzene rings is 2. The van der Waals surface area contributed by atoms with Crippen molar-refractivity contribution in [1.29, 1.82) is 0 Å². The number of Topliss-reactive ketones (excluding diaryl/α,β-unsaturated/α-hetero) is 1. The van der Waals surface area contributed by atoms with Crippen molar-refractivity contribution in [2.24, 2.45) is 4.99 Å². The molecule has 2 rings (SSSR count). The molecule has 4 nitrogen and oxygen atoms in total. The molecule has 0 saturated carbocycles. The zero-order valence-corrected chi connectivity index (χ0v) is 12.4. The Morgan fingerprint density at radius 3 is 2.14 bits per heavy atom. The molecule has 0 atom stereocenters. The van der Waals surface area contributed by atoms with Crippen LogP contribution in [0.4, 0.5) is 0 Å². The minimum absolute atomic E-state index is 0.0682. The fourth-order valence-electron chi connectivity index (χ4n) is 1.98. The molecular formula is C18H17NO3. The second-order valence-corrected chi connectivity index (χ2v) is 4.71. The zero-order chi connectivity index (χ0) is 15.8. The summed E-state index contributed by atoms with van der Waals surface area (Å²) in [6.07, 6.45) is 0.343. The van der Waals surface area contributed by atoms with Crippen molar-refractivity contribution < 1.29 is 14.3 Å². The Morgan fingerprint density at radius 1 is 0.955 bits per heavy atom. The zero-order valence-electron chi connectivity index (χ0n) is 12.4. The smallest absolute Gasteiger partial charge is 0.352 e. The molecule has 0 aromatic heterocycles. The van der Waals surface area contributed by atoms with Gasteiger partial charge >= 0.3 is 5.97 Å². The van der Waals surface area contributed by atoms with E-state index in [0.29, 0.717) is 12.0 Å². The second kappa shape index (κ2) is 7.88. The van der Waals surface area contributed by atoms with Crippen molar-refractivity contribution in [2.45, 2.75) is 6.42 Å². The van der Waals surface area contributed by atoms with Crippen LogP contribution in [-0.4, -0.2) is 31.1 Å². The van der Waals surface area contributed by atoms with E-state index in [0.717, 1.165) is 5.56 Å². The lowest BCUT2D eigenvalue weighted by Crippen LogP contribution is -2.20. The Labute approximate surface area is 129 Å². The van der Waals surface area contributed by atoms with E-state index in [4.69, 9.17) is 4.74 Å². The van der Waals surface area contributed by atoms with Gasteiger partial charge in [0, 0.05) is 12.0 Å². The van der Waals surface area contributed by atoms with Crippen LogP contribution >= 0.6 is 0 Å². The van der Waals surface area contributed by atoms with Gasteiger partial charge in [-0.15, -0.1) is 0 Å². The molecule has 0 unspecified atom stereocenters. The van der Waals surface area contributed by atoms with Gasteiger partial charge in [0.1, 0.15) is 12.3 Å². The fraction of sp³-hybridized carbons (Fsp3) is 0.167. The van der Waals surface area contributed by atoms with E-state index in [1.165, 1.54) is 7.11 Å². The average Bonchev–Trinajstić information content (AvgIpc) is 2.59. The normalized spacial score (nSPS) is 11.0. The van der Waals surface area contributed by atoms with Crippen LogP contribution < -0.4 is 0 Å². The maximum atomic E-state index is 12.1. The van der Waals surface area contributed by atoms with Crippen LogP contribution in [0.3, 0.4) is 0 Å². The second-order valence-electron chi connectivity index (χ2n) is 4.71. The minimum Gasteiger partial charge on any atom is -0.465 e. The Balaban J connectivity index is 2.12. The van der Waals surface area contributed by atoms with Crippen molar-refractivity contribution >= 4 is 17.5 Å².